The molecular formula is C27H40O4. The maximum atomic E-state index is 13.3. The van der Waals surface area contributed by atoms with Gasteiger partial charge in [-0.25, -0.2) is 0 Å². The molecule has 0 N–H and O–H groups in total. The van der Waals surface area contributed by atoms with Crippen molar-refractivity contribution in [2.45, 2.75) is 73.6 Å². The van der Waals surface area contributed by atoms with Gasteiger partial charge in [-0.1, -0.05) is 31.5 Å². The van der Waals surface area contributed by atoms with Crippen LogP contribution in [0.2, 0.25) is 0 Å². The summed E-state index contributed by atoms with van der Waals surface area (Å²) in [6, 6.07) is 4.30. The number of benzene rings is 1. The van der Waals surface area contributed by atoms with E-state index in [1.807, 2.05) is 20.8 Å². The molecule has 2 rings (SSSR count). The number of methoxy groups -OCH3 is 1. The van der Waals surface area contributed by atoms with Crippen LogP contribution in [0.25, 0.3) is 5.57 Å². The predicted molar refractivity (Wildman–Crippen MR) is 128 cm³/mol. The Morgan fingerprint density at radius 1 is 1.10 bits per heavy atom. The topological polar surface area (TPSA) is 52.6 Å². The van der Waals surface area contributed by atoms with Crippen LogP contribution in [0.3, 0.4) is 0 Å². The Bertz CT molecular complexity index is 786. The number of hydrogen-bond acceptors (Lipinski definition) is 4. The normalized spacial score (nSPS) is 16.6. The van der Waals surface area contributed by atoms with Crippen molar-refractivity contribution in [2.24, 2.45) is 11.3 Å². The molecule has 4 heteroatoms. The summed E-state index contributed by atoms with van der Waals surface area (Å²) in [4.78, 5) is 26.0. The minimum absolute atomic E-state index is 0.0716. The zero-order valence-corrected chi connectivity index (χ0v) is 20.5. The lowest BCUT2D eigenvalue weighted by Gasteiger charge is -2.29. The van der Waals surface area contributed by atoms with E-state index in [4.69, 9.17) is 9.47 Å². The first-order chi connectivity index (χ1) is 14.6. The number of Topliss-reactive ketones (excluding diaryl/α,β-unsaturated/α-hetero) is 1. The molecule has 4 nitrogen and oxygen atoms in total. The molecular weight excluding hydrogens is 388 g/mol. The summed E-state index contributed by atoms with van der Waals surface area (Å²) in [5, 5.41) is 0. The van der Waals surface area contributed by atoms with Gasteiger partial charge >= 0.3 is 5.97 Å². The van der Waals surface area contributed by atoms with Crippen LogP contribution >= 0.6 is 0 Å². The summed E-state index contributed by atoms with van der Waals surface area (Å²) in [6.07, 6.45) is 3.49. The summed E-state index contributed by atoms with van der Waals surface area (Å²) in [7, 11) is 1.67. The minimum Gasteiger partial charge on any atom is -0.430 e. The molecule has 0 spiro atoms. The fourth-order valence-corrected chi connectivity index (χ4v) is 3.90. The largest absolute Gasteiger partial charge is 0.430 e. The zero-order chi connectivity index (χ0) is 23.8. The maximum absolute atomic E-state index is 13.3. The third-order valence-corrected chi connectivity index (χ3v) is 5.52. The van der Waals surface area contributed by atoms with E-state index in [1.165, 1.54) is 5.56 Å². The van der Waals surface area contributed by atoms with Crippen molar-refractivity contribution >= 4 is 17.3 Å². The standard InChI is InChI=1S/C25H36O4.C2H4/c1-8-18-12-16(3)13-19(9-2)22(18)23-20(26)14-17(10-11-28-7)15-21(23)29-24(27)25(4,5)6;1-2/h12-13,17H,8-11,14-15H2,1-7H3;1-2H2. The van der Waals surface area contributed by atoms with Crippen LogP contribution in [0.5, 0.6) is 0 Å². The lowest BCUT2D eigenvalue weighted by molar-refractivity contribution is -0.148. The van der Waals surface area contributed by atoms with Crippen LogP contribution in [-0.4, -0.2) is 25.5 Å². The van der Waals surface area contributed by atoms with Crippen molar-refractivity contribution in [3.8, 4) is 0 Å². The van der Waals surface area contributed by atoms with E-state index in [2.05, 4.69) is 46.1 Å². The molecule has 0 saturated heterocycles. The van der Waals surface area contributed by atoms with E-state index < -0.39 is 5.41 Å². The van der Waals surface area contributed by atoms with Gasteiger partial charge in [-0.2, -0.15) is 0 Å². The number of aryl methyl sites for hydroxylation is 3. The minimum atomic E-state index is -0.630. The lowest BCUT2D eigenvalue weighted by atomic mass is 9.79. The van der Waals surface area contributed by atoms with Gasteiger partial charge < -0.3 is 9.47 Å². The third kappa shape index (κ3) is 6.90. The molecule has 0 radical (unpaired) electrons. The average molecular weight is 429 g/mol. The Hall–Kier alpha value is -2.20. The van der Waals surface area contributed by atoms with Gasteiger partial charge in [0.15, 0.2) is 5.78 Å². The molecule has 1 atom stereocenters. The molecule has 1 aromatic rings. The van der Waals surface area contributed by atoms with Crippen LogP contribution in [0.4, 0.5) is 0 Å². The summed E-state index contributed by atoms with van der Waals surface area (Å²) >= 11 is 0. The Labute approximate surface area is 188 Å². The second-order valence-corrected chi connectivity index (χ2v) is 9.08. The smallest absolute Gasteiger partial charge is 0.316 e. The number of allylic oxidation sites excluding steroid dienone is 2. The van der Waals surface area contributed by atoms with Crippen LogP contribution in [0.1, 0.15) is 76.1 Å². The number of hydrogen-bond donors (Lipinski definition) is 0. The van der Waals surface area contributed by atoms with E-state index in [0.29, 0.717) is 30.8 Å². The molecule has 1 aliphatic carbocycles. The van der Waals surface area contributed by atoms with Gasteiger partial charge in [0, 0.05) is 26.6 Å². The Balaban J connectivity index is 0.00000233. The van der Waals surface area contributed by atoms with Crippen molar-refractivity contribution in [1.29, 1.82) is 0 Å². The summed E-state index contributed by atoms with van der Waals surface area (Å²) < 4.78 is 11.1. The maximum Gasteiger partial charge on any atom is 0.316 e. The molecule has 0 saturated carbocycles. The monoisotopic (exact) mass is 428 g/mol. The highest BCUT2D eigenvalue weighted by Gasteiger charge is 2.34. The fraction of sp³-hybridized carbons (Fsp3) is 0.556. The van der Waals surface area contributed by atoms with Crippen molar-refractivity contribution in [3.63, 3.8) is 0 Å². The van der Waals surface area contributed by atoms with Crippen LogP contribution in [0, 0.1) is 18.3 Å². The summed E-state index contributed by atoms with van der Waals surface area (Å²) in [5.74, 6) is 0.445. The molecule has 0 aliphatic heterocycles. The van der Waals surface area contributed by atoms with Gasteiger partial charge in [-0.05, 0) is 69.6 Å². The van der Waals surface area contributed by atoms with Crippen LogP contribution in [-0.2, 0) is 31.9 Å². The SMILES string of the molecule is C=C.CCc1cc(C)cc(CC)c1C1=C(OC(=O)C(C)(C)C)CC(CCOC)CC1=O. The number of esters is 1. The Morgan fingerprint density at radius 3 is 2.10 bits per heavy atom. The quantitative estimate of drug-likeness (QED) is 0.381. The summed E-state index contributed by atoms with van der Waals surface area (Å²) in [5.41, 5.74) is 4.44. The average Bonchev–Trinajstić information content (AvgIpc) is 2.72. The van der Waals surface area contributed by atoms with Gasteiger partial charge in [0.25, 0.3) is 0 Å². The van der Waals surface area contributed by atoms with E-state index in [0.717, 1.165) is 36.0 Å². The molecule has 1 aliphatic rings. The van der Waals surface area contributed by atoms with Crippen molar-refractivity contribution in [3.05, 3.63) is 53.3 Å². The van der Waals surface area contributed by atoms with Crippen molar-refractivity contribution < 1.29 is 19.1 Å². The van der Waals surface area contributed by atoms with Gasteiger partial charge in [-0.3, -0.25) is 9.59 Å². The summed E-state index contributed by atoms with van der Waals surface area (Å²) in [6.45, 7) is 18.4. The molecule has 0 heterocycles. The number of rotatable bonds is 7. The fourth-order valence-electron chi connectivity index (χ4n) is 3.90. The first-order valence-electron chi connectivity index (χ1n) is 11.2. The van der Waals surface area contributed by atoms with Gasteiger partial charge in [-0.15, -0.1) is 13.2 Å². The molecule has 1 aromatic carbocycles. The molecule has 31 heavy (non-hydrogen) atoms. The zero-order valence-electron chi connectivity index (χ0n) is 20.5. The third-order valence-electron chi connectivity index (χ3n) is 5.52. The highest BCUT2D eigenvalue weighted by atomic mass is 16.5. The molecule has 172 valence electrons. The van der Waals surface area contributed by atoms with Crippen LogP contribution < -0.4 is 0 Å². The molecule has 0 bridgehead atoms. The number of carbonyl (C=O) groups excluding carboxylic acids is 2. The van der Waals surface area contributed by atoms with E-state index in [-0.39, 0.29) is 17.7 Å². The predicted octanol–water partition coefficient (Wildman–Crippen LogP) is 6.24. The first-order valence-corrected chi connectivity index (χ1v) is 11.2. The van der Waals surface area contributed by atoms with E-state index in [1.54, 1.807) is 7.11 Å². The molecule has 0 aromatic heterocycles. The van der Waals surface area contributed by atoms with E-state index >= 15 is 0 Å². The van der Waals surface area contributed by atoms with Crippen molar-refractivity contribution in [1.82, 2.24) is 0 Å². The lowest BCUT2D eigenvalue weighted by Crippen LogP contribution is -2.28. The van der Waals surface area contributed by atoms with E-state index in [9.17, 15) is 9.59 Å². The molecule has 1 unspecified atom stereocenters. The van der Waals surface area contributed by atoms with Crippen molar-refractivity contribution in [2.75, 3.05) is 13.7 Å². The Kier molecular flexibility index (Phi) is 10.4. The number of ether oxygens (including phenoxy) is 2. The molecule has 0 fully saturated rings. The molecule has 0 amide bonds. The second kappa shape index (κ2) is 12.0. The number of ketones is 1. The first kappa shape index (κ1) is 26.8. The van der Waals surface area contributed by atoms with Gasteiger partial charge in [0.2, 0.25) is 0 Å². The highest BCUT2D eigenvalue weighted by Crippen LogP contribution is 2.39. The second-order valence-electron chi connectivity index (χ2n) is 9.08. The van der Waals surface area contributed by atoms with Gasteiger partial charge in [0.05, 0.1) is 11.0 Å². The van der Waals surface area contributed by atoms with Gasteiger partial charge in [0.1, 0.15) is 5.76 Å². The number of carbonyl (C=O) groups is 2. The Morgan fingerprint density at radius 2 is 1.65 bits per heavy atom. The van der Waals surface area contributed by atoms with Crippen LogP contribution in [0.15, 0.2) is 31.0 Å². The highest BCUT2D eigenvalue weighted by molar-refractivity contribution is 6.23.